The number of benzene rings is 1. The highest BCUT2D eigenvalue weighted by molar-refractivity contribution is 7.12. The summed E-state index contributed by atoms with van der Waals surface area (Å²) >= 11 is 1.30. The predicted octanol–water partition coefficient (Wildman–Crippen LogP) is 3.57. The fourth-order valence-electron chi connectivity index (χ4n) is 2.78. The highest BCUT2D eigenvalue weighted by Crippen LogP contribution is 2.26. The van der Waals surface area contributed by atoms with Crippen LogP contribution in [0.1, 0.15) is 15.2 Å². The standard InChI is InChI=1S/C19H15F2N5O2S/c20-18(21)28-14-3-1-2-11(6-14)8-23-17(27)15-7-13(10-29-15)12-4-5-16-24-19(22)25-26(16)9-12/h1-7,9-10,18H,8H2,(H2,22,25)(H,23,27). The molecule has 0 aliphatic carbocycles. The smallest absolute Gasteiger partial charge is 0.387 e. The minimum Gasteiger partial charge on any atom is -0.435 e. The highest BCUT2D eigenvalue weighted by atomic mass is 32.1. The number of hydrogen-bond donors (Lipinski definition) is 2. The van der Waals surface area contributed by atoms with E-state index in [0.29, 0.717) is 16.1 Å². The number of hydrogen-bond acceptors (Lipinski definition) is 6. The first-order valence-corrected chi connectivity index (χ1v) is 9.39. The van der Waals surface area contributed by atoms with Crippen molar-refractivity contribution >= 4 is 28.8 Å². The molecular weight excluding hydrogens is 400 g/mol. The number of carbonyl (C=O) groups is 1. The van der Waals surface area contributed by atoms with Crippen LogP contribution in [0.3, 0.4) is 0 Å². The van der Waals surface area contributed by atoms with Crippen LogP contribution in [0.5, 0.6) is 5.75 Å². The summed E-state index contributed by atoms with van der Waals surface area (Å²) < 4.78 is 30.6. The average molecular weight is 415 g/mol. The normalized spacial score (nSPS) is 11.1. The van der Waals surface area contributed by atoms with Crippen LogP contribution >= 0.6 is 11.3 Å². The second-order valence-corrected chi connectivity index (χ2v) is 7.01. The van der Waals surface area contributed by atoms with Gasteiger partial charge in [-0.05, 0) is 46.8 Å². The lowest BCUT2D eigenvalue weighted by molar-refractivity contribution is -0.0498. The van der Waals surface area contributed by atoms with Gasteiger partial charge in [-0.25, -0.2) is 4.52 Å². The monoisotopic (exact) mass is 415 g/mol. The zero-order valence-corrected chi connectivity index (χ0v) is 15.7. The number of halogens is 2. The third-order valence-electron chi connectivity index (χ3n) is 4.08. The van der Waals surface area contributed by atoms with Gasteiger partial charge < -0.3 is 15.8 Å². The van der Waals surface area contributed by atoms with Crippen LogP contribution in [0.25, 0.3) is 16.8 Å². The molecule has 4 aromatic rings. The first kappa shape index (κ1) is 18.8. The summed E-state index contributed by atoms with van der Waals surface area (Å²) in [6.45, 7) is -2.70. The van der Waals surface area contributed by atoms with Gasteiger partial charge in [0, 0.05) is 18.3 Å². The third-order valence-corrected chi connectivity index (χ3v) is 5.01. The average Bonchev–Trinajstić information content (AvgIpc) is 3.31. The Morgan fingerprint density at radius 2 is 2.10 bits per heavy atom. The number of nitrogens with two attached hydrogens (primary N) is 1. The topological polar surface area (TPSA) is 94.5 Å². The molecule has 0 aliphatic heterocycles. The molecular formula is C19H15F2N5O2S. The minimum absolute atomic E-state index is 0.0503. The van der Waals surface area contributed by atoms with E-state index in [2.05, 4.69) is 20.1 Å². The van der Waals surface area contributed by atoms with Crippen LogP contribution < -0.4 is 15.8 Å². The predicted molar refractivity (Wildman–Crippen MR) is 105 cm³/mol. The van der Waals surface area contributed by atoms with Gasteiger partial charge in [0.1, 0.15) is 5.75 Å². The van der Waals surface area contributed by atoms with Crippen molar-refractivity contribution in [2.24, 2.45) is 0 Å². The molecule has 1 amide bonds. The van der Waals surface area contributed by atoms with Gasteiger partial charge in [-0.1, -0.05) is 12.1 Å². The van der Waals surface area contributed by atoms with Crippen LogP contribution in [0.4, 0.5) is 14.7 Å². The number of alkyl halides is 2. The van der Waals surface area contributed by atoms with Crippen molar-refractivity contribution in [2.75, 3.05) is 5.73 Å². The van der Waals surface area contributed by atoms with Gasteiger partial charge in [0.25, 0.3) is 5.91 Å². The lowest BCUT2D eigenvalue weighted by Gasteiger charge is -2.07. The van der Waals surface area contributed by atoms with Crippen molar-refractivity contribution in [2.45, 2.75) is 13.2 Å². The first-order valence-electron chi connectivity index (χ1n) is 8.51. The number of fused-ring (bicyclic) bond motifs is 1. The van der Waals surface area contributed by atoms with E-state index in [9.17, 15) is 13.6 Å². The van der Waals surface area contributed by atoms with Gasteiger partial charge in [-0.3, -0.25) is 4.79 Å². The maximum Gasteiger partial charge on any atom is 0.387 e. The minimum atomic E-state index is -2.89. The van der Waals surface area contributed by atoms with Gasteiger partial charge in [-0.2, -0.15) is 13.8 Å². The molecule has 4 rings (SSSR count). The van der Waals surface area contributed by atoms with E-state index in [4.69, 9.17) is 5.73 Å². The number of rotatable bonds is 6. The van der Waals surface area contributed by atoms with Crippen molar-refractivity contribution in [3.8, 4) is 16.9 Å². The van der Waals surface area contributed by atoms with E-state index in [0.717, 1.165) is 11.1 Å². The van der Waals surface area contributed by atoms with Gasteiger partial charge in [0.15, 0.2) is 5.65 Å². The number of amides is 1. The Balaban J connectivity index is 1.44. The van der Waals surface area contributed by atoms with E-state index in [-0.39, 0.29) is 24.1 Å². The molecule has 148 valence electrons. The summed E-state index contributed by atoms with van der Waals surface area (Å²) in [7, 11) is 0. The zero-order chi connectivity index (χ0) is 20.4. The van der Waals surface area contributed by atoms with Gasteiger partial charge in [0.2, 0.25) is 5.95 Å². The van der Waals surface area contributed by atoms with E-state index < -0.39 is 6.61 Å². The molecule has 3 heterocycles. The fraction of sp³-hybridized carbons (Fsp3) is 0.105. The van der Waals surface area contributed by atoms with Crippen molar-refractivity contribution in [3.63, 3.8) is 0 Å². The molecule has 29 heavy (non-hydrogen) atoms. The number of nitrogens with one attached hydrogen (secondary N) is 1. The number of ether oxygens (including phenoxy) is 1. The molecule has 1 aromatic carbocycles. The second kappa shape index (κ2) is 7.84. The molecule has 0 atom stereocenters. The quantitative estimate of drug-likeness (QED) is 0.502. The Labute approximate surface area is 167 Å². The molecule has 0 saturated heterocycles. The Morgan fingerprint density at radius 3 is 2.93 bits per heavy atom. The summed E-state index contributed by atoms with van der Waals surface area (Å²) in [4.78, 5) is 17.0. The Kier molecular flexibility index (Phi) is 5.09. The van der Waals surface area contributed by atoms with Crippen molar-refractivity contribution in [3.05, 3.63) is 64.5 Å². The van der Waals surface area contributed by atoms with Crippen LogP contribution in [-0.4, -0.2) is 27.1 Å². The molecule has 0 bridgehead atoms. The highest BCUT2D eigenvalue weighted by Gasteiger charge is 2.12. The molecule has 0 spiro atoms. The number of nitrogens with zero attached hydrogens (tertiary/aromatic N) is 3. The van der Waals surface area contributed by atoms with Gasteiger partial charge in [0.05, 0.1) is 4.88 Å². The summed E-state index contributed by atoms with van der Waals surface area (Å²) in [5.41, 5.74) is 8.62. The maximum absolute atomic E-state index is 12.4. The molecule has 0 saturated carbocycles. The molecule has 0 fully saturated rings. The fourth-order valence-corrected chi connectivity index (χ4v) is 3.61. The third kappa shape index (κ3) is 4.32. The van der Waals surface area contributed by atoms with Crippen LogP contribution in [0, 0.1) is 0 Å². The van der Waals surface area contributed by atoms with Crippen LogP contribution in [0.2, 0.25) is 0 Å². The van der Waals surface area contributed by atoms with E-state index >= 15 is 0 Å². The SMILES string of the molecule is Nc1nc2ccc(-c3csc(C(=O)NCc4cccc(OC(F)F)c4)c3)cn2n1. The van der Waals surface area contributed by atoms with Gasteiger partial charge in [-0.15, -0.1) is 16.4 Å². The lowest BCUT2D eigenvalue weighted by atomic mass is 10.1. The number of aromatic nitrogens is 3. The summed E-state index contributed by atoms with van der Waals surface area (Å²) in [5.74, 6) is -0.0163. The molecule has 7 nitrogen and oxygen atoms in total. The molecule has 3 N–H and O–H groups in total. The zero-order valence-electron chi connectivity index (χ0n) is 14.9. The number of nitrogen functional groups attached to an aromatic ring is 1. The van der Waals surface area contributed by atoms with Crippen molar-refractivity contribution < 1.29 is 18.3 Å². The Morgan fingerprint density at radius 1 is 1.24 bits per heavy atom. The molecule has 10 heteroatoms. The summed E-state index contributed by atoms with van der Waals surface area (Å²) in [6, 6.07) is 11.7. The second-order valence-electron chi connectivity index (χ2n) is 6.10. The van der Waals surface area contributed by atoms with E-state index in [1.54, 1.807) is 35.0 Å². The van der Waals surface area contributed by atoms with Crippen molar-refractivity contribution in [1.29, 1.82) is 0 Å². The van der Waals surface area contributed by atoms with E-state index in [1.807, 2.05) is 11.4 Å². The van der Waals surface area contributed by atoms with Crippen LogP contribution in [-0.2, 0) is 6.54 Å². The number of thiophene rings is 1. The summed E-state index contributed by atoms with van der Waals surface area (Å²) in [5, 5.41) is 8.73. The van der Waals surface area contributed by atoms with Crippen LogP contribution in [0.15, 0.2) is 54.0 Å². The largest absolute Gasteiger partial charge is 0.435 e. The molecule has 3 aromatic heterocycles. The maximum atomic E-state index is 12.4. The Bertz CT molecular complexity index is 1170. The number of pyridine rings is 1. The lowest BCUT2D eigenvalue weighted by Crippen LogP contribution is -2.21. The molecule has 0 radical (unpaired) electrons. The van der Waals surface area contributed by atoms with Crippen molar-refractivity contribution in [1.82, 2.24) is 19.9 Å². The molecule has 0 aliphatic rings. The number of carbonyl (C=O) groups excluding carboxylic acids is 1. The van der Waals surface area contributed by atoms with Gasteiger partial charge >= 0.3 is 6.61 Å². The Hall–Kier alpha value is -3.53. The van der Waals surface area contributed by atoms with E-state index in [1.165, 1.54) is 23.5 Å². The molecule has 0 unspecified atom stereocenters. The summed E-state index contributed by atoms with van der Waals surface area (Å²) in [6.07, 6.45) is 1.79. The first-order chi connectivity index (χ1) is 14.0. The number of anilines is 1.